The van der Waals surface area contributed by atoms with E-state index >= 15 is 0 Å². The summed E-state index contributed by atoms with van der Waals surface area (Å²) in [6.45, 7) is 5.47. The summed E-state index contributed by atoms with van der Waals surface area (Å²) < 4.78 is 25.0. The van der Waals surface area contributed by atoms with Crippen LogP contribution in [0, 0.1) is 0 Å². The van der Waals surface area contributed by atoms with Crippen molar-refractivity contribution in [1.29, 1.82) is 0 Å². The molecular weight excluding hydrogens is 216 g/mol. The maximum Gasteiger partial charge on any atom is 0.237 e. The van der Waals surface area contributed by atoms with Gasteiger partial charge in [-0.05, 0) is 20.8 Å². The number of piperazine rings is 1. The Labute approximate surface area is 91.1 Å². The highest BCUT2D eigenvalue weighted by Gasteiger charge is 2.35. The maximum atomic E-state index is 11.8. The molecule has 1 atom stereocenters. The van der Waals surface area contributed by atoms with Crippen molar-refractivity contribution in [3.8, 4) is 0 Å². The fourth-order valence-electron chi connectivity index (χ4n) is 1.48. The molecule has 0 bridgehead atoms. The van der Waals surface area contributed by atoms with Gasteiger partial charge in [-0.2, -0.15) is 4.31 Å². The highest BCUT2D eigenvalue weighted by Crippen LogP contribution is 2.15. The number of likely N-dealkylation sites (N-methyl/N-ethyl adjacent to an activating group) is 1. The van der Waals surface area contributed by atoms with Gasteiger partial charge in [-0.15, -0.1) is 0 Å². The van der Waals surface area contributed by atoms with Crippen molar-refractivity contribution < 1.29 is 13.2 Å². The van der Waals surface area contributed by atoms with Crippen molar-refractivity contribution in [3.05, 3.63) is 0 Å². The smallest absolute Gasteiger partial charge is 0.237 e. The van der Waals surface area contributed by atoms with Crippen LogP contribution >= 0.6 is 0 Å². The van der Waals surface area contributed by atoms with E-state index < -0.39 is 15.3 Å². The minimum atomic E-state index is -3.30. The Morgan fingerprint density at radius 3 is 2.33 bits per heavy atom. The summed E-state index contributed by atoms with van der Waals surface area (Å²) in [5.74, 6) is -0.141. The molecule has 1 amide bonds. The standard InChI is InChI=1S/C9H18N2O3S/c1-7(2)15(13,14)11-5-8(3)10(4)9(12)6-11/h7-8H,5-6H2,1-4H3/t8-/m0/s1. The van der Waals surface area contributed by atoms with E-state index in [9.17, 15) is 13.2 Å². The van der Waals surface area contributed by atoms with Crippen LogP contribution < -0.4 is 0 Å². The number of nitrogens with zero attached hydrogens (tertiary/aromatic N) is 2. The van der Waals surface area contributed by atoms with Gasteiger partial charge in [0.15, 0.2) is 0 Å². The first-order valence-corrected chi connectivity index (χ1v) is 6.51. The van der Waals surface area contributed by atoms with Crippen molar-refractivity contribution in [3.63, 3.8) is 0 Å². The molecule has 1 aliphatic rings. The van der Waals surface area contributed by atoms with Crippen LogP contribution in [0.1, 0.15) is 20.8 Å². The Morgan fingerprint density at radius 2 is 1.93 bits per heavy atom. The number of carbonyl (C=O) groups is 1. The molecule has 0 spiro atoms. The topological polar surface area (TPSA) is 57.7 Å². The molecule has 0 unspecified atom stereocenters. The molecular formula is C9H18N2O3S. The Hall–Kier alpha value is -0.620. The lowest BCUT2D eigenvalue weighted by Gasteiger charge is -2.37. The van der Waals surface area contributed by atoms with E-state index in [1.807, 2.05) is 6.92 Å². The molecule has 0 aromatic rings. The highest BCUT2D eigenvalue weighted by molar-refractivity contribution is 7.89. The molecule has 1 rings (SSSR count). The molecule has 0 N–H and O–H groups in total. The average Bonchev–Trinajstić information content (AvgIpc) is 2.13. The molecule has 0 aromatic heterocycles. The third-order valence-corrected chi connectivity index (χ3v) is 4.98. The number of rotatable bonds is 2. The van der Waals surface area contributed by atoms with Crippen LogP contribution in [0.2, 0.25) is 0 Å². The van der Waals surface area contributed by atoms with Crippen molar-refractivity contribution in [2.45, 2.75) is 32.1 Å². The summed E-state index contributed by atoms with van der Waals surface area (Å²) in [6.07, 6.45) is 0. The van der Waals surface area contributed by atoms with E-state index in [0.717, 1.165) is 0 Å². The second kappa shape index (κ2) is 4.09. The third kappa shape index (κ3) is 2.31. The lowest BCUT2D eigenvalue weighted by molar-refractivity contribution is -0.135. The first-order valence-electron chi connectivity index (χ1n) is 5.01. The normalized spacial score (nSPS) is 25.0. The second-order valence-electron chi connectivity index (χ2n) is 4.24. The zero-order valence-corrected chi connectivity index (χ0v) is 10.4. The lowest BCUT2D eigenvalue weighted by Crippen LogP contribution is -2.56. The summed E-state index contributed by atoms with van der Waals surface area (Å²) in [6, 6.07) is -0.0558. The summed E-state index contributed by atoms with van der Waals surface area (Å²) in [4.78, 5) is 13.1. The van der Waals surface area contributed by atoms with Crippen LogP contribution in [0.15, 0.2) is 0 Å². The van der Waals surface area contributed by atoms with Gasteiger partial charge in [0.25, 0.3) is 0 Å². The van der Waals surface area contributed by atoms with E-state index in [-0.39, 0.29) is 18.5 Å². The molecule has 1 fully saturated rings. The quantitative estimate of drug-likeness (QED) is 0.669. The van der Waals surface area contributed by atoms with Gasteiger partial charge in [0.2, 0.25) is 15.9 Å². The first-order chi connectivity index (χ1) is 6.76. The minimum absolute atomic E-state index is 0.0264. The van der Waals surface area contributed by atoms with E-state index in [0.29, 0.717) is 6.54 Å². The van der Waals surface area contributed by atoms with Crippen LogP contribution in [0.5, 0.6) is 0 Å². The zero-order valence-electron chi connectivity index (χ0n) is 9.60. The van der Waals surface area contributed by atoms with Crippen LogP contribution in [0.25, 0.3) is 0 Å². The van der Waals surface area contributed by atoms with Crippen LogP contribution in [-0.4, -0.2) is 55.0 Å². The van der Waals surface area contributed by atoms with Crippen molar-refractivity contribution >= 4 is 15.9 Å². The molecule has 1 saturated heterocycles. The lowest BCUT2D eigenvalue weighted by atomic mass is 10.2. The van der Waals surface area contributed by atoms with Gasteiger partial charge in [0, 0.05) is 19.6 Å². The fraction of sp³-hybridized carbons (Fsp3) is 0.889. The average molecular weight is 234 g/mol. The molecule has 1 heterocycles. The van der Waals surface area contributed by atoms with Crippen molar-refractivity contribution in [1.82, 2.24) is 9.21 Å². The number of amides is 1. The molecule has 0 saturated carbocycles. The fourth-order valence-corrected chi connectivity index (χ4v) is 2.79. The Bertz CT molecular complexity index is 350. The van der Waals surface area contributed by atoms with Crippen LogP contribution in [0.3, 0.4) is 0 Å². The maximum absolute atomic E-state index is 11.8. The predicted molar refractivity (Wildman–Crippen MR) is 57.9 cm³/mol. The zero-order chi connectivity index (χ0) is 11.8. The molecule has 6 heteroatoms. The largest absolute Gasteiger partial charge is 0.341 e. The summed E-state index contributed by atoms with van der Waals surface area (Å²) in [5, 5.41) is -0.471. The number of carbonyl (C=O) groups excluding carboxylic acids is 1. The van der Waals surface area contributed by atoms with E-state index in [2.05, 4.69) is 0 Å². The predicted octanol–water partition coefficient (Wildman–Crippen LogP) is -0.113. The van der Waals surface area contributed by atoms with Crippen molar-refractivity contribution in [2.24, 2.45) is 0 Å². The van der Waals surface area contributed by atoms with Gasteiger partial charge in [0.1, 0.15) is 0 Å². The van der Waals surface area contributed by atoms with Crippen molar-refractivity contribution in [2.75, 3.05) is 20.1 Å². The van der Waals surface area contributed by atoms with Gasteiger partial charge in [0.05, 0.1) is 11.8 Å². The molecule has 15 heavy (non-hydrogen) atoms. The molecule has 0 radical (unpaired) electrons. The number of hydrogen-bond acceptors (Lipinski definition) is 3. The molecule has 1 aliphatic heterocycles. The van der Waals surface area contributed by atoms with Gasteiger partial charge in [-0.1, -0.05) is 0 Å². The van der Waals surface area contributed by atoms with E-state index in [1.165, 1.54) is 4.31 Å². The minimum Gasteiger partial charge on any atom is -0.341 e. The number of hydrogen-bond donors (Lipinski definition) is 0. The Kier molecular flexibility index (Phi) is 3.40. The summed E-state index contributed by atoms with van der Waals surface area (Å²) >= 11 is 0. The highest BCUT2D eigenvalue weighted by atomic mass is 32.2. The van der Waals surface area contributed by atoms with Crippen LogP contribution in [0.4, 0.5) is 0 Å². The van der Waals surface area contributed by atoms with Gasteiger partial charge in [-0.25, -0.2) is 8.42 Å². The molecule has 88 valence electrons. The summed E-state index contributed by atoms with van der Waals surface area (Å²) in [5.41, 5.74) is 0. The molecule has 0 aromatic carbocycles. The van der Waals surface area contributed by atoms with E-state index in [4.69, 9.17) is 0 Å². The van der Waals surface area contributed by atoms with Gasteiger partial charge in [-0.3, -0.25) is 4.79 Å². The Morgan fingerprint density at radius 1 is 1.40 bits per heavy atom. The van der Waals surface area contributed by atoms with Crippen LogP contribution in [-0.2, 0) is 14.8 Å². The monoisotopic (exact) mass is 234 g/mol. The van der Waals surface area contributed by atoms with E-state index in [1.54, 1.807) is 25.8 Å². The SMILES string of the molecule is CC(C)S(=O)(=O)N1CC(=O)N(C)[C@@H](C)C1. The van der Waals surface area contributed by atoms with Gasteiger partial charge >= 0.3 is 0 Å². The second-order valence-corrected chi connectivity index (χ2v) is 6.73. The van der Waals surface area contributed by atoms with Gasteiger partial charge < -0.3 is 4.90 Å². The number of sulfonamides is 1. The molecule has 5 nitrogen and oxygen atoms in total. The summed E-state index contributed by atoms with van der Waals surface area (Å²) in [7, 11) is -1.60. The molecule has 0 aliphatic carbocycles. The Balaban J connectivity index is 2.88. The first kappa shape index (κ1) is 12.4. The third-order valence-electron chi connectivity index (χ3n) is 2.79.